The number of hydrogen-bond donors (Lipinski definition) is 1. The molecule has 3 nitrogen and oxygen atoms in total. The van der Waals surface area contributed by atoms with Gasteiger partial charge in [0.15, 0.2) is 0 Å². The number of carbonyl (C=O) groups excluding carboxylic acids is 1. The Hall–Kier alpha value is -6.03. The van der Waals surface area contributed by atoms with Gasteiger partial charge in [-0.1, -0.05) is 97.5 Å². The largest absolute Gasteiger partial charge is 0.466 e. The van der Waals surface area contributed by atoms with Gasteiger partial charge in [0.05, 0.1) is 6.61 Å². The molecule has 9 aliphatic rings. The standard InChI is InChI=1S/C57H36O3/c58-23-6-1-2-7-24-60-36(59)11-8-22-55(25-9-4-3-5-10-25)56-34-20-21-35-33-19-17-31-29-15-13-27-26-12-14-28-30-16-18-32(34)43-41(30)46-39(28)37(26)45-38(27)40(29)47-42(31)44(33)54(57(35,55)56)52-50(47)48(45)49(46)51(52)53(43)56/h3-5,9-10,12-21,37,39,58H,1-2,6-8,11,22-24H2. The number of aliphatic hydroxyl groups is 1. The van der Waals surface area contributed by atoms with Gasteiger partial charge in [0.25, 0.3) is 0 Å². The highest BCUT2D eigenvalue weighted by molar-refractivity contribution is 6.53. The molecule has 0 aliphatic heterocycles. The number of rotatable bonds is 11. The molecule has 0 radical (unpaired) electrons. The first kappa shape index (κ1) is 30.1. The molecule has 0 heterocycles. The normalized spacial score (nSPS) is 27.4. The molecule has 5 atom stereocenters. The average molecular weight is 769 g/mol. The van der Waals surface area contributed by atoms with E-state index in [4.69, 9.17) is 4.74 Å². The lowest BCUT2D eigenvalue weighted by molar-refractivity contribution is -0.143. The van der Waals surface area contributed by atoms with Crippen molar-refractivity contribution in [3.8, 4) is 0 Å². The van der Waals surface area contributed by atoms with Crippen LogP contribution in [0.15, 0.2) is 91.0 Å². The van der Waals surface area contributed by atoms with Gasteiger partial charge in [-0.2, -0.15) is 0 Å². The van der Waals surface area contributed by atoms with E-state index in [-0.39, 0.29) is 28.8 Å². The second-order valence-corrected chi connectivity index (χ2v) is 19.9. The fourth-order valence-electron chi connectivity index (χ4n) is 17.4. The summed E-state index contributed by atoms with van der Waals surface area (Å²) >= 11 is 0. The summed E-state index contributed by atoms with van der Waals surface area (Å²) in [5.74, 6) is 0.647. The van der Waals surface area contributed by atoms with E-state index in [1.807, 2.05) is 0 Å². The first-order chi connectivity index (χ1) is 29.7. The van der Waals surface area contributed by atoms with Crippen LogP contribution >= 0.6 is 0 Å². The summed E-state index contributed by atoms with van der Waals surface area (Å²) in [5, 5.41) is 36.6. The van der Waals surface area contributed by atoms with Gasteiger partial charge in [0.1, 0.15) is 0 Å². The van der Waals surface area contributed by atoms with E-state index in [2.05, 4.69) is 91.0 Å². The van der Waals surface area contributed by atoms with Gasteiger partial charge in [-0.3, -0.25) is 4.79 Å². The molecule has 1 fully saturated rings. The van der Waals surface area contributed by atoms with Crippen molar-refractivity contribution in [2.75, 3.05) is 13.2 Å². The first-order valence-corrected chi connectivity index (χ1v) is 22.7. The lowest BCUT2D eigenvalue weighted by Gasteiger charge is -2.35. The van der Waals surface area contributed by atoms with Gasteiger partial charge >= 0.3 is 5.97 Å². The van der Waals surface area contributed by atoms with Crippen molar-refractivity contribution in [1.29, 1.82) is 0 Å². The summed E-state index contributed by atoms with van der Waals surface area (Å²) in [6, 6.07) is 26.6. The highest BCUT2D eigenvalue weighted by Crippen LogP contribution is 2.92. The number of fused-ring (bicyclic) bond motifs is 1. The average Bonchev–Trinajstić information content (AvgIpc) is 3.93. The molecule has 0 amide bonds. The molecule has 60 heavy (non-hydrogen) atoms. The third kappa shape index (κ3) is 2.40. The van der Waals surface area contributed by atoms with Gasteiger partial charge in [-0.15, -0.1) is 0 Å². The Kier molecular flexibility index (Phi) is 4.45. The summed E-state index contributed by atoms with van der Waals surface area (Å²) in [6.07, 6.45) is 15.9. The maximum absolute atomic E-state index is 13.6. The molecule has 18 rings (SSSR count). The molecule has 1 saturated carbocycles. The highest BCUT2D eigenvalue weighted by atomic mass is 16.5. The van der Waals surface area contributed by atoms with Crippen molar-refractivity contribution < 1.29 is 14.6 Å². The molecule has 282 valence electrons. The Labute approximate surface area is 342 Å². The van der Waals surface area contributed by atoms with Gasteiger partial charge in [-0.05, 0) is 178 Å². The van der Waals surface area contributed by atoms with E-state index >= 15 is 0 Å². The second kappa shape index (κ2) is 8.87. The number of benzene rings is 7. The minimum atomic E-state index is -0.293. The van der Waals surface area contributed by atoms with Crippen LogP contribution in [-0.4, -0.2) is 24.3 Å². The minimum Gasteiger partial charge on any atom is -0.466 e. The van der Waals surface area contributed by atoms with Crippen LogP contribution in [0.1, 0.15) is 84.6 Å². The van der Waals surface area contributed by atoms with E-state index in [0.29, 0.717) is 24.9 Å². The van der Waals surface area contributed by atoms with E-state index in [1.165, 1.54) is 75.5 Å². The van der Waals surface area contributed by atoms with E-state index in [1.54, 1.807) is 70.9 Å². The molecular weight excluding hydrogens is 733 g/mol. The zero-order valence-electron chi connectivity index (χ0n) is 32.9. The van der Waals surface area contributed by atoms with Crippen molar-refractivity contribution in [3.05, 3.63) is 140 Å². The predicted molar refractivity (Wildman–Crippen MR) is 240 cm³/mol. The number of ether oxygens (including phenoxy) is 1. The molecule has 3 heteroatoms. The molecule has 9 aliphatic carbocycles. The predicted octanol–water partition coefficient (Wildman–Crippen LogP) is 8.76. The SMILES string of the molecule is O=C(CCCC1(c2ccccc2)C23C4=c5ccc6c7c8c9c(c2c57)c2c5c7c(ccc%10c%11ccc%12c%13c(c9c2c(c%13%11)c7%10)C2C=%12C=CC=6C82)=C(C=C4)C513)OCCCCCCO. The van der Waals surface area contributed by atoms with Crippen LogP contribution in [0.25, 0.3) is 97.7 Å². The van der Waals surface area contributed by atoms with Gasteiger partial charge in [0, 0.05) is 41.1 Å². The summed E-state index contributed by atoms with van der Waals surface area (Å²) in [6.45, 7) is 0.684. The van der Waals surface area contributed by atoms with Gasteiger partial charge < -0.3 is 9.84 Å². The summed E-state index contributed by atoms with van der Waals surface area (Å²) in [5.41, 5.74) is 13.2. The molecule has 1 N–H and O–H groups in total. The summed E-state index contributed by atoms with van der Waals surface area (Å²) < 4.78 is 5.90. The van der Waals surface area contributed by atoms with E-state index < -0.39 is 0 Å². The summed E-state index contributed by atoms with van der Waals surface area (Å²) in [4.78, 5) is 13.6. The smallest absolute Gasteiger partial charge is 0.305 e. The van der Waals surface area contributed by atoms with Crippen molar-refractivity contribution in [3.63, 3.8) is 0 Å². The Bertz CT molecular complexity index is 4110. The van der Waals surface area contributed by atoms with Crippen molar-refractivity contribution in [2.24, 2.45) is 0 Å². The lowest BCUT2D eigenvalue weighted by Crippen LogP contribution is -2.27. The van der Waals surface area contributed by atoms with Gasteiger partial charge in [0.2, 0.25) is 0 Å². The van der Waals surface area contributed by atoms with Crippen LogP contribution in [0.4, 0.5) is 0 Å². The fourth-order valence-corrected chi connectivity index (χ4v) is 17.4. The number of unbranched alkanes of at least 4 members (excludes halogenated alkanes) is 3. The molecule has 0 aromatic heterocycles. The van der Waals surface area contributed by atoms with Crippen molar-refractivity contribution in [1.82, 2.24) is 0 Å². The van der Waals surface area contributed by atoms with Crippen molar-refractivity contribution in [2.45, 2.75) is 73.0 Å². The molecule has 5 unspecified atom stereocenters. The quantitative estimate of drug-likeness (QED) is 0.0814. The molecule has 0 saturated heterocycles. The molecule has 2 spiro atoms. The Morgan fingerprint density at radius 1 is 0.533 bits per heavy atom. The minimum absolute atomic E-state index is 0.0788. The zero-order valence-corrected chi connectivity index (χ0v) is 32.9. The fraction of sp³-hybridized carbons (Fsp3) is 0.246. The van der Waals surface area contributed by atoms with E-state index in [0.717, 1.165) is 38.5 Å². The molecule has 9 aromatic carbocycles. The van der Waals surface area contributed by atoms with Crippen LogP contribution in [0, 0.1) is 0 Å². The lowest BCUT2D eigenvalue weighted by atomic mass is 9.67. The number of hydrogen-bond acceptors (Lipinski definition) is 3. The number of esters is 1. The van der Waals surface area contributed by atoms with Crippen LogP contribution in [0.3, 0.4) is 0 Å². The third-order valence-electron chi connectivity index (χ3n) is 18.5. The van der Waals surface area contributed by atoms with Crippen LogP contribution in [-0.2, 0) is 25.8 Å². The van der Waals surface area contributed by atoms with Crippen LogP contribution in [0.2, 0.25) is 0 Å². The highest BCUT2D eigenvalue weighted by Gasteiger charge is 2.93. The van der Waals surface area contributed by atoms with Crippen LogP contribution < -0.4 is 20.9 Å². The van der Waals surface area contributed by atoms with E-state index in [9.17, 15) is 9.90 Å². The number of aliphatic hydroxyl groups excluding tert-OH is 1. The van der Waals surface area contributed by atoms with Gasteiger partial charge in [-0.25, -0.2) is 0 Å². The third-order valence-corrected chi connectivity index (χ3v) is 18.5. The second-order valence-electron chi connectivity index (χ2n) is 19.9. The molecule has 9 aromatic rings. The first-order valence-electron chi connectivity index (χ1n) is 22.7. The maximum Gasteiger partial charge on any atom is 0.305 e. The van der Waals surface area contributed by atoms with Crippen LogP contribution in [0.5, 0.6) is 0 Å². The monoisotopic (exact) mass is 768 g/mol. The zero-order chi connectivity index (χ0) is 38.5. The molecular formula is C57H36O3. The maximum atomic E-state index is 13.6. The number of allylic oxidation sites excluding steroid dienone is 4. The molecule has 0 bridgehead atoms. The topological polar surface area (TPSA) is 46.5 Å². The Morgan fingerprint density at radius 3 is 1.82 bits per heavy atom. The Balaban J connectivity index is 1.02. The number of carbonyl (C=O) groups is 1. The Morgan fingerprint density at radius 2 is 1.10 bits per heavy atom. The summed E-state index contributed by atoms with van der Waals surface area (Å²) in [7, 11) is 0. The van der Waals surface area contributed by atoms with Crippen molar-refractivity contribution >= 4 is 104 Å².